The molecule has 0 fully saturated rings. The number of rotatable bonds is 4. The van der Waals surface area contributed by atoms with Crippen molar-refractivity contribution in [2.24, 2.45) is 5.10 Å². The first kappa shape index (κ1) is 18.9. The molecule has 0 spiro atoms. The van der Waals surface area contributed by atoms with Crippen molar-refractivity contribution in [3.05, 3.63) is 81.5 Å². The van der Waals surface area contributed by atoms with Crippen LogP contribution >= 0.6 is 11.3 Å². The Kier molecular flexibility index (Phi) is 4.39. The van der Waals surface area contributed by atoms with Gasteiger partial charge in [-0.2, -0.15) is 20.0 Å². The molecule has 2 aromatic carbocycles. The second-order valence-corrected chi connectivity index (χ2v) is 8.79. The van der Waals surface area contributed by atoms with Gasteiger partial charge in [-0.15, -0.1) is 11.3 Å². The average Bonchev–Trinajstić information content (AvgIpc) is 3.56. The van der Waals surface area contributed by atoms with Crippen LogP contribution in [0.4, 0.5) is 5.69 Å². The average molecular weight is 441 g/mol. The highest BCUT2D eigenvalue weighted by Crippen LogP contribution is 2.31. The standard InChI is InChI=1S/C24H20N6OS/c1-16-5-2-3-6-19(16)30-24(31)22-21(27-30)23-20(11-14-32-23)29(26-22)15-17-7-9-18(10-8-17)28-13-4-12-25-28/h2-3,5-12,14H,4,13,15H2,1H3. The molecule has 0 saturated heterocycles. The van der Waals surface area contributed by atoms with Crippen LogP contribution in [-0.2, 0) is 6.54 Å². The van der Waals surface area contributed by atoms with Crippen molar-refractivity contribution >= 4 is 33.5 Å². The van der Waals surface area contributed by atoms with Crippen LogP contribution in [0.1, 0.15) is 17.5 Å². The van der Waals surface area contributed by atoms with E-state index in [1.807, 2.05) is 58.5 Å². The lowest BCUT2D eigenvalue weighted by molar-refractivity contribution is 0.700. The van der Waals surface area contributed by atoms with Crippen molar-refractivity contribution in [2.75, 3.05) is 11.6 Å². The van der Waals surface area contributed by atoms with Crippen LogP contribution in [-0.4, -0.2) is 32.3 Å². The highest BCUT2D eigenvalue weighted by atomic mass is 32.1. The molecule has 0 amide bonds. The Morgan fingerprint density at radius 3 is 2.62 bits per heavy atom. The number of aryl methyl sites for hydroxylation is 1. The van der Waals surface area contributed by atoms with Crippen molar-refractivity contribution in [2.45, 2.75) is 19.9 Å². The lowest BCUT2D eigenvalue weighted by Crippen LogP contribution is -2.18. The molecular formula is C24H20N6OS. The van der Waals surface area contributed by atoms with E-state index in [0.29, 0.717) is 17.9 Å². The smallest absolute Gasteiger partial charge is 0.266 e. The van der Waals surface area contributed by atoms with Gasteiger partial charge in [-0.05, 0) is 47.7 Å². The first-order valence-corrected chi connectivity index (χ1v) is 11.4. The van der Waals surface area contributed by atoms with Crippen LogP contribution < -0.4 is 10.6 Å². The van der Waals surface area contributed by atoms with Crippen molar-refractivity contribution in [1.82, 2.24) is 19.6 Å². The van der Waals surface area contributed by atoms with Crippen LogP contribution in [0.5, 0.6) is 0 Å². The molecule has 7 nitrogen and oxygen atoms in total. The van der Waals surface area contributed by atoms with Gasteiger partial charge in [0, 0.05) is 19.2 Å². The van der Waals surface area contributed by atoms with E-state index < -0.39 is 0 Å². The summed E-state index contributed by atoms with van der Waals surface area (Å²) in [6.45, 7) is 3.47. The molecule has 6 rings (SSSR count). The molecule has 32 heavy (non-hydrogen) atoms. The molecule has 0 saturated carbocycles. The lowest BCUT2D eigenvalue weighted by Gasteiger charge is -2.14. The van der Waals surface area contributed by atoms with Crippen LogP contribution in [0.15, 0.2) is 69.9 Å². The predicted molar refractivity (Wildman–Crippen MR) is 128 cm³/mol. The minimum Gasteiger partial charge on any atom is -0.266 e. The Morgan fingerprint density at radius 1 is 1.00 bits per heavy atom. The quantitative estimate of drug-likeness (QED) is 0.418. The summed E-state index contributed by atoms with van der Waals surface area (Å²) in [5.41, 5.74) is 5.80. The second kappa shape index (κ2) is 7.42. The largest absolute Gasteiger partial charge is 0.301 e. The maximum absolute atomic E-state index is 13.3. The monoisotopic (exact) mass is 440 g/mol. The van der Waals surface area contributed by atoms with Gasteiger partial charge < -0.3 is 0 Å². The molecule has 3 aromatic rings. The van der Waals surface area contributed by atoms with Gasteiger partial charge in [0.05, 0.1) is 28.1 Å². The Morgan fingerprint density at radius 2 is 1.84 bits per heavy atom. The summed E-state index contributed by atoms with van der Waals surface area (Å²) in [5, 5.41) is 17.8. The number of aromatic nitrogens is 4. The Balaban J connectivity index is 1.43. The minimum atomic E-state index is -0.194. The topological polar surface area (TPSA) is 68.3 Å². The minimum absolute atomic E-state index is 0.194. The fourth-order valence-electron chi connectivity index (χ4n) is 4.12. The molecule has 3 aliphatic heterocycles. The van der Waals surface area contributed by atoms with Crippen molar-refractivity contribution in [1.29, 1.82) is 0 Å². The van der Waals surface area contributed by atoms with Gasteiger partial charge in [-0.3, -0.25) is 14.5 Å². The molecule has 0 bridgehead atoms. The maximum Gasteiger partial charge on any atom is 0.301 e. The van der Waals surface area contributed by atoms with E-state index in [9.17, 15) is 4.79 Å². The number of thiophene rings is 1. The van der Waals surface area contributed by atoms with Crippen LogP contribution in [0.25, 0.3) is 27.3 Å². The van der Waals surface area contributed by atoms with E-state index in [-0.39, 0.29) is 5.56 Å². The summed E-state index contributed by atoms with van der Waals surface area (Å²) >= 11 is 1.58. The number of hydrazone groups is 1. The molecule has 158 valence electrons. The fraction of sp³-hybridized carbons (Fsp3) is 0.167. The molecule has 0 unspecified atom stereocenters. The third-order valence-corrected chi connectivity index (χ3v) is 6.69. The fourth-order valence-corrected chi connectivity index (χ4v) is 4.99. The van der Waals surface area contributed by atoms with E-state index in [1.54, 1.807) is 11.3 Å². The molecular weight excluding hydrogens is 420 g/mol. The summed E-state index contributed by atoms with van der Waals surface area (Å²) in [6, 6.07) is 18.1. The SMILES string of the molecule is Cc1ccccc1-n1nc2c3sccc3n(Cc3ccc(N4CCC=N4)cc3)nc-2c1=O. The molecule has 0 aliphatic carbocycles. The zero-order valence-corrected chi connectivity index (χ0v) is 18.3. The second-order valence-electron chi connectivity index (χ2n) is 7.87. The zero-order chi connectivity index (χ0) is 21.7. The third-order valence-electron chi connectivity index (χ3n) is 5.78. The normalized spacial score (nSPS) is 13.6. The number of nitrogens with zero attached hydrogens (tertiary/aromatic N) is 6. The first-order chi connectivity index (χ1) is 15.7. The van der Waals surface area contributed by atoms with Gasteiger partial charge >= 0.3 is 5.56 Å². The highest BCUT2D eigenvalue weighted by Gasteiger charge is 2.24. The van der Waals surface area contributed by atoms with Gasteiger partial charge in [0.15, 0.2) is 5.69 Å². The summed E-state index contributed by atoms with van der Waals surface area (Å²) < 4.78 is 4.35. The Hall–Kier alpha value is -3.78. The summed E-state index contributed by atoms with van der Waals surface area (Å²) in [7, 11) is 0. The van der Waals surface area contributed by atoms with Gasteiger partial charge in [0.25, 0.3) is 0 Å². The zero-order valence-electron chi connectivity index (χ0n) is 17.5. The number of fused-ring (bicyclic) bond motifs is 3. The molecule has 0 N–H and O–H groups in total. The van der Waals surface area contributed by atoms with Crippen LogP contribution in [0, 0.1) is 6.92 Å². The van der Waals surface area contributed by atoms with Crippen LogP contribution in [0.2, 0.25) is 0 Å². The maximum atomic E-state index is 13.3. The number of hydrogen-bond donors (Lipinski definition) is 0. The summed E-state index contributed by atoms with van der Waals surface area (Å²) in [6.07, 6.45) is 2.92. The van der Waals surface area contributed by atoms with E-state index in [0.717, 1.165) is 45.7 Å². The van der Waals surface area contributed by atoms with Gasteiger partial charge in [-0.1, -0.05) is 30.3 Å². The molecule has 0 atom stereocenters. The van der Waals surface area contributed by atoms with Crippen molar-refractivity contribution in [3.63, 3.8) is 0 Å². The Labute approximate surface area is 188 Å². The summed E-state index contributed by atoms with van der Waals surface area (Å²) in [4.78, 5) is 13.3. The number of hydrogen-bond acceptors (Lipinski definition) is 6. The summed E-state index contributed by atoms with van der Waals surface area (Å²) in [5.74, 6) is 0. The number of anilines is 1. The molecule has 1 aromatic heterocycles. The molecule has 3 aliphatic rings. The van der Waals surface area contributed by atoms with E-state index in [1.165, 1.54) is 4.68 Å². The molecule has 4 heterocycles. The predicted octanol–water partition coefficient (Wildman–Crippen LogP) is 4.30. The first-order valence-electron chi connectivity index (χ1n) is 10.5. The van der Waals surface area contributed by atoms with Gasteiger partial charge in [-0.25, -0.2) is 0 Å². The van der Waals surface area contributed by atoms with E-state index in [2.05, 4.69) is 34.5 Å². The van der Waals surface area contributed by atoms with Gasteiger partial charge in [0.1, 0.15) is 5.69 Å². The highest BCUT2D eigenvalue weighted by molar-refractivity contribution is 7.17. The van der Waals surface area contributed by atoms with E-state index in [4.69, 9.17) is 5.10 Å². The number of benzene rings is 2. The van der Waals surface area contributed by atoms with Crippen molar-refractivity contribution in [3.8, 4) is 17.1 Å². The molecule has 0 radical (unpaired) electrons. The number of para-hydroxylation sites is 1. The lowest BCUT2D eigenvalue weighted by atomic mass is 10.2. The molecule has 8 heteroatoms. The Bertz CT molecular complexity index is 1490. The van der Waals surface area contributed by atoms with E-state index >= 15 is 0 Å². The van der Waals surface area contributed by atoms with Crippen molar-refractivity contribution < 1.29 is 0 Å². The van der Waals surface area contributed by atoms with Gasteiger partial charge in [0.2, 0.25) is 0 Å². The van der Waals surface area contributed by atoms with Crippen LogP contribution in [0.3, 0.4) is 0 Å². The third kappa shape index (κ3) is 3.03.